The fourth-order valence-corrected chi connectivity index (χ4v) is 4.83. The number of anilines is 2. The van der Waals surface area contributed by atoms with Gasteiger partial charge in [-0.1, -0.05) is 17.3 Å². The maximum atomic E-state index is 12.4. The Morgan fingerprint density at radius 3 is 2.67 bits per heavy atom. The van der Waals surface area contributed by atoms with E-state index in [-0.39, 0.29) is 24.7 Å². The summed E-state index contributed by atoms with van der Waals surface area (Å²) in [5.74, 6) is 6.55. The van der Waals surface area contributed by atoms with Crippen molar-refractivity contribution in [1.82, 2.24) is 35.2 Å². The number of rotatable bonds is 9. The summed E-state index contributed by atoms with van der Waals surface area (Å²) in [6, 6.07) is 8.83. The minimum atomic E-state index is -0.251. The maximum absolute atomic E-state index is 12.4. The largest absolute Gasteiger partial charge is 0.495 e. The predicted octanol–water partition coefficient (Wildman–Crippen LogP) is 2.61. The van der Waals surface area contributed by atoms with Crippen molar-refractivity contribution in [2.24, 2.45) is 0 Å². The van der Waals surface area contributed by atoms with Crippen LogP contribution in [0.1, 0.15) is 47.0 Å². The Bertz CT molecular complexity index is 1510. The van der Waals surface area contributed by atoms with Crippen LogP contribution < -0.4 is 15.4 Å². The van der Waals surface area contributed by atoms with E-state index in [1.54, 1.807) is 37.6 Å². The first-order chi connectivity index (χ1) is 19.5. The Balaban J connectivity index is 1.04. The summed E-state index contributed by atoms with van der Waals surface area (Å²) >= 11 is 1.33. The van der Waals surface area contributed by atoms with Gasteiger partial charge in [0.1, 0.15) is 16.5 Å². The van der Waals surface area contributed by atoms with Crippen molar-refractivity contribution in [3.63, 3.8) is 0 Å². The first kappa shape index (κ1) is 26.9. The van der Waals surface area contributed by atoms with E-state index in [2.05, 4.69) is 53.0 Å². The molecule has 0 aliphatic carbocycles. The molecule has 204 valence electrons. The molecule has 0 saturated heterocycles. The SMILES string of the molecule is COc1ccc(CC(=O)Nc2ccc(C#CCCc3nnc(NC(=O)Cc4cc5n(n4)CCCC5)s3)nn2)nc1. The number of aromatic nitrogens is 7. The van der Waals surface area contributed by atoms with Crippen molar-refractivity contribution in [3.8, 4) is 17.6 Å². The second-order valence-corrected chi connectivity index (χ2v) is 10.1. The molecule has 1 aliphatic heterocycles. The van der Waals surface area contributed by atoms with Gasteiger partial charge in [-0.2, -0.15) is 5.10 Å². The molecule has 0 radical (unpaired) electrons. The third-order valence-corrected chi connectivity index (χ3v) is 6.91. The topological polar surface area (TPSA) is 150 Å². The highest BCUT2D eigenvalue weighted by Gasteiger charge is 2.15. The number of ether oxygens (including phenoxy) is 1. The summed E-state index contributed by atoms with van der Waals surface area (Å²) < 4.78 is 7.06. The van der Waals surface area contributed by atoms with Crippen molar-refractivity contribution in [1.29, 1.82) is 0 Å². The normalized spacial score (nSPS) is 12.1. The number of aryl methyl sites for hydroxylation is 3. The van der Waals surface area contributed by atoms with Gasteiger partial charge in [-0.15, -0.1) is 20.4 Å². The molecule has 5 rings (SSSR count). The smallest absolute Gasteiger partial charge is 0.232 e. The standard InChI is InChI=1S/C27H27N9O3S/c1-39-22-11-9-19(28-17-22)15-24(37)29-23-12-10-18(31-32-23)6-2-3-8-26-33-34-27(40-26)30-25(38)16-20-14-21-7-4-5-13-36(21)35-20/h9-12,14,17H,3-5,7-8,13,15-16H2,1H3,(H,29,32,37)(H,30,34,38). The van der Waals surface area contributed by atoms with Crippen LogP contribution in [0.5, 0.6) is 5.75 Å². The van der Waals surface area contributed by atoms with Crippen LogP contribution in [-0.4, -0.2) is 54.1 Å². The summed E-state index contributed by atoms with van der Waals surface area (Å²) in [6.45, 7) is 0.917. The Hall–Kier alpha value is -4.70. The van der Waals surface area contributed by atoms with Crippen LogP contribution >= 0.6 is 11.3 Å². The summed E-state index contributed by atoms with van der Waals surface area (Å²) in [6.07, 6.45) is 6.32. The number of nitrogens with zero attached hydrogens (tertiary/aromatic N) is 7. The number of fused-ring (bicyclic) bond motifs is 1. The lowest BCUT2D eigenvalue weighted by atomic mass is 10.1. The predicted molar refractivity (Wildman–Crippen MR) is 148 cm³/mol. The average Bonchev–Trinajstić information content (AvgIpc) is 3.58. The van der Waals surface area contributed by atoms with Gasteiger partial charge >= 0.3 is 0 Å². The second kappa shape index (κ2) is 12.9. The summed E-state index contributed by atoms with van der Waals surface area (Å²) in [5.41, 5.74) is 3.08. The second-order valence-electron chi connectivity index (χ2n) is 9.05. The average molecular weight is 558 g/mol. The maximum Gasteiger partial charge on any atom is 0.232 e. The number of carbonyl (C=O) groups is 2. The van der Waals surface area contributed by atoms with E-state index in [1.807, 2.05) is 10.7 Å². The van der Waals surface area contributed by atoms with Crippen LogP contribution in [0.25, 0.3) is 0 Å². The number of pyridine rings is 1. The van der Waals surface area contributed by atoms with E-state index in [9.17, 15) is 9.59 Å². The summed E-state index contributed by atoms with van der Waals surface area (Å²) in [4.78, 5) is 28.8. The van der Waals surface area contributed by atoms with Crippen molar-refractivity contribution in [2.45, 2.75) is 51.5 Å². The van der Waals surface area contributed by atoms with Crippen LogP contribution in [0.2, 0.25) is 0 Å². The fraction of sp³-hybridized carbons (Fsp3) is 0.333. The molecule has 0 atom stereocenters. The molecule has 0 spiro atoms. The molecule has 0 saturated carbocycles. The molecule has 13 heteroatoms. The van der Waals surface area contributed by atoms with Gasteiger partial charge in [0.25, 0.3) is 0 Å². The summed E-state index contributed by atoms with van der Waals surface area (Å²) in [5, 5.41) is 27.5. The molecule has 5 heterocycles. The van der Waals surface area contributed by atoms with E-state index in [0.29, 0.717) is 40.9 Å². The van der Waals surface area contributed by atoms with Crippen LogP contribution in [0.15, 0.2) is 36.5 Å². The molecule has 0 unspecified atom stereocenters. The molecule has 0 bridgehead atoms. The number of hydrogen-bond acceptors (Lipinski definition) is 10. The lowest BCUT2D eigenvalue weighted by Gasteiger charge is -2.11. The minimum Gasteiger partial charge on any atom is -0.495 e. The van der Waals surface area contributed by atoms with Gasteiger partial charge in [0, 0.05) is 30.8 Å². The van der Waals surface area contributed by atoms with Crippen LogP contribution in [-0.2, 0) is 41.8 Å². The van der Waals surface area contributed by atoms with Crippen molar-refractivity contribution in [3.05, 3.63) is 64.3 Å². The number of nitrogens with one attached hydrogen (secondary N) is 2. The van der Waals surface area contributed by atoms with E-state index < -0.39 is 0 Å². The highest BCUT2D eigenvalue weighted by atomic mass is 32.1. The molecule has 1 aliphatic rings. The third kappa shape index (κ3) is 7.45. The Morgan fingerprint density at radius 2 is 1.90 bits per heavy atom. The van der Waals surface area contributed by atoms with Gasteiger partial charge in [0.2, 0.25) is 16.9 Å². The Morgan fingerprint density at radius 1 is 1.02 bits per heavy atom. The van der Waals surface area contributed by atoms with E-state index in [4.69, 9.17) is 4.74 Å². The lowest BCUT2D eigenvalue weighted by Crippen LogP contribution is -2.16. The van der Waals surface area contributed by atoms with Gasteiger partial charge in [0.05, 0.1) is 31.8 Å². The van der Waals surface area contributed by atoms with Gasteiger partial charge in [0.15, 0.2) is 5.82 Å². The van der Waals surface area contributed by atoms with Gasteiger partial charge in [-0.3, -0.25) is 19.3 Å². The molecule has 40 heavy (non-hydrogen) atoms. The summed E-state index contributed by atoms with van der Waals surface area (Å²) in [7, 11) is 1.56. The zero-order chi connectivity index (χ0) is 27.7. The van der Waals surface area contributed by atoms with Crippen molar-refractivity contribution in [2.75, 3.05) is 17.7 Å². The molecule has 2 N–H and O–H groups in total. The Kier molecular flexibility index (Phi) is 8.67. The van der Waals surface area contributed by atoms with Crippen molar-refractivity contribution < 1.29 is 14.3 Å². The molecular weight excluding hydrogens is 530 g/mol. The molecule has 0 aromatic carbocycles. The fourth-order valence-electron chi connectivity index (χ4n) is 4.07. The third-order valence-electron chi connectivity index (χ3n) is 6.01. The Labute approximate surface area is 234 Å². The number of amides is 2. The van der Waals surface area contributed by atoms with E-state index in [1.165, 1.54) is 23.5 Å². The van der Waals surface area contributed by atoms with E-state index in [0.717, 1.165) is 30.1 Å². The monoisotopic (exact) mass is 557 g/mol. The number of methoxy groups -OCH3 is 1. The molecule has 4 aromatic rings. The molecular formula is C27H27N9O3S. The van der Waals surface area contributed by atoms with Crippen LogP contribution in [0.4, 0.5) is 10.9 Å². The first-order valence-electron chi connectivity index (χ1n) is 12.8. The lowest BCUT2D eigenvalue weighted by molar-refractivity contribution is -0.116. The number of carbonyl (C=O) groups excluding carboxylic acids is 2. The van der Waals surface area contributed by atoms with Crippen LogP contribution in [0.3, 0.4) is 0 Å². The van der Waals surface area contributed by atoms with Gasteiger partial charge < -0.3 is 15.4 Å². The molecule has 4 aromatic heterocycles. The van der Waals surface area contributed by atoms with Crippen molar-refractivity contribution >= 4 is 34.1 Å². The molecule has 0 fully saturated rings. The highest BCUT2D eigenvalue weighted by Crippen LogP contribution is 2.18. The van der Waals surface area contributed by atoms with Crippen LogP contribution in [0, 0.1) is 11.8 Å². The quantitative estimate of drug-likeness (QED) is 0.296. The first-order valence-corrected chi connectivity index (χ1v) is 13.6. The van der Waals surface area contributed by atoms with E-state index >= 15 is 0 Å². The van der Waals surface area contributed by atoms with Gasteiger partial charge in [-0.25, -0.2) is 0 Å². The van der Waals surface area contributed by atoms with Gasteiger partial charge in [-0.05, 0) is 55.5 Å². The molecule has 12 nitrogen and oxygen atoms in total. The zero-order valence-electron chi connectivity index (χ0n) is 21.9. The highest BCUT2D eigenvalue weighted by molar-refractivity contribution is 7.15. The number of hydrogen-bond donors (Lipinski definition) is 2. The zero-order valence-corrected chi connectivity index (χ0v) is 22.7. The molecule has 2 amide bonds. The minimum absolute atomic E-state index is 0.108.